The summed E-state index contributed by atoms with van der Waals surface area (Å²) in [5.41, 5.74) is -6.18. The SMILES string of the molecule is [2H]c1c([2H])c([2H])c(-c2c([2H])c(-n3c4c([2H])c([2H])c([2H])c([2H])c4c4c([2H])c(-c5c([2H])c([2H])c6c(c5[2H])c5c([2H])c([2H])c([2H])c([2H])c5n6-c5ccccc5)c([2H])c([2H])c43)c([2H])c3c2oc2c([2H])c([2H])c([2H])c([2H])c23)c([2H])c1[2H]. The highest BCUT2D eigenvalue weighted by molar-refractivity contribution is 6.14. The molecule has 0 aliphatic heterocycles. The molecule has 3 heteroatoms. The van der Waals surface area contributed by atoms with Crippen LogP contribution in [0, 0.1) is 0 Å². The van der Waals surface area contributed by atoms with Crippen molar-refractivity contribution < 1.29 is 38.7 Å². The van der Waals surface area contributed by atoms with E-state index in [0.29, 0.717) is 0 Å². The third-order valence-corrected chi connectivity index (χ3v) is 8.60. The number of hydrogen-bond acceptors (Lipinski definition) is 1. The van der Waals surface area contributed by atoms with Crippen LogP contribution in [0.5, 0.6) is 0 Å². The van der Waals surface area contributed by atoms with Crippen molar-refractivity contribution in [2.75, 3.05) is 0 Å². The number of furan rings is 1. The van der Waals surface area contributed by atoms with Crippen LogP contribution in [0.3, 0.4) is 0 Å². The van der Waals surface area contributed by atoms with Gasteiger partial charge in [-0.25, -0.2) is 0 Å². The van der Waals surface area contributed by atoms with Crippen molar-refractivity contribution in [1.29, 1.82) is 0 Å². The van der Waals surface area contributed by atoms with Crippen LogP contribution in [0.25, 0.3) is 99.2 Å². The molecule has 238 valence electrons. The zero-order chi connectivity index (χ0) is 55.2. The average Bonchev–Trinajstić information content (AvgIpc) is 4.21. The summed E-state index contributed by atoms with van der Waals surface area (Å²) in [4.78, 5) is 0. The van der Waals surface area contributed by atoms with Crippen LogP contribution in [-0.4, -0.2) is 9.13 Å². The van der Waals surface area contributed by atoms with Crippen LogP contribution < -0.4 is 0 Å². The minimum Gasteiger partial charge on any atom is -0.455 e. The van der Waals surface area contributed by atoms with Crippen LogP contribution in [0.1, 0.15) is 34.3 Å². The van der Waals surface area contributed by atoms with Gasteiger partial charge < -0.3 is 13.6 Å². The third kappa shape index (κ3) is 4.19. The van der Waals surface area contributed by atoms with E-state index < -0.39 is 223 Å². The molecule has 3 nitrogen and oxygen atoms in total. The van der Waals surface area contributed by atoms with Gasteiger partial charge in [0.25, 0.3) is 0 Å². The highest BCUT2D eigenvalue weighted by atomic mass is 16.3. The first-order chi connectivity index (χ1) is 35.7. The fraction of sp³-hybridized carbons (Fsp3) is 0. The molecule has 0 radical (unpaired) electrons. The molecule has 0 aliphatic rings. The van der Waals surface area contributed by atoms with E-state index >= 15 is 0 Å². The first-order valence-electron chi connectivity index (χ1n) is 27.9. The quantitative estimate of drug-likeness (QED) is 0.182. The molecule has 0 saturated heterocycles. The van der Waals surface area contributed by atoms with Crippen molar-refractivity contribution in [3.8, 4) is 33.6 Å². The van der Waals surface area contributed by atoms with Crippen molar-refractivity contribution >= 4 is 65.6 Å². The number of nitrogens with zero attached hydrogens (tertiary/aromatic N) is 2. The second-order valence-corrected chi connectivity index (χ2v) is 11.4. The second kappa shape index (κ2) is 10.8. The fourth-order valence-electron chi connectivity index (χ4n) is 6.44. The maximum atomic E-state index is 9.97. The molecule has 0 fully saturated rings. The molecule has 11 rings (SSSR count). The van der Waals surface area contributed by atoms with E-state index in [1.807, 2.05) is 0 Å². The Morgan fingerprint density at radius 2 is 0.941 bits per heavy atom. The van der Waals surface area contributed by atoms with E-state index in [1.165, 1.54) is 4.57 Å². The van der Waals surface area contributed by atoms with Gasteiger partial charge in [0.2, 0.25) is 0 Å². The summed E-state index contributed by atoms with van der Waals surface area (Å²) in [5, 5.41) is -2.72. The largest absolute Gasteiger partial charge is 0.455 e. The third-order valence-electron chi connectivity index (χ3n) is 8.60. The predicted octanol–water partition coefficient (Wildman–Crippen LogP) is 13.1. The van der Waals surface area contributed by atoms with Gasteiger partial charge in [-0.15, -0.1) is 0 Å². The first-order valence-corrected chi connectivity index (χ1v) is 15.4. The van der Waals surface area contributed by atoms with Gasteiger partial charge in [-0.05, 0) is 83.2 Å². The minimum absolute atomic E-state index is 0.169. The molecule has 0 atom stereocenters. The Kier molecular flexibility index (Phi) is 2.79. The highest BCUT2D eigenvalue weighted by Crippen LogP contribution is 2.42. The van der Waals surface area contributed by atoms with Gasteiger partial charge >= 0.3 is 0 Å². The Morgan fingerprint density at radius 1 is 0.392 bits per heavy atom. The molecule has 3 aromatic heterocycles. The number of aromatic nitrogens is 2. The summed E-state index contributed by atoms with van der Waals surface area (Å²) in [5.74, 6) is 0. The van der Waals surface area contributed by atoms with E-state index in [9.17, 15) is 13.7 Å². The van der Waals surface area contributed by atoms with Gasteiger partial charge in [-0.1, -0.05) is 115 Å². The first kappa shape index (κ1) is 13.1. The molecule has 0 saturated carbocycles. The number of benzene rings is 8. The molecule has 0 spiro atoms. The van der Waals surface area contributed by atoms with Crippen LogP contribution in [0.4, 0.5) is 0 Å². The summed E-state index contributed by atoms with van der Waals surface area (Å²) in [6.45, 7) is 0. The summed E-state index contributed by atoms with van der Waals surface area (Å²) >= 11 is 0. The van der Waals surface area contributed by atoms with Crippen LogP contribution in [0.15, 0.2) is 186 Å². The van der Waals surface area contributed by atoms with E-state index in [1.54, 1.807) is 30.3 Å². The second-order valence-electron chi connectivity index (χ2n) is 11.4. The van der Waals surface area contributed by atoms with Crippen molar-refractivity contribution in [2.45, 2.75) is 0 Å². The lowest BCUT2D eigenvalue weighted by Gasteiger charge is -2.12. The average molecular weight is 676 g/mol. The summed E-state index contributed by atoms with van der Waals surface area (Å²) in [6.07, 6.45) is 0. The van der Waals surface area contributed by atoms with Gasteiger partial charge in [0.15, 0.2) is 0 Å². The Balaban J connectivity index is 1.38. The van der Waals surface area contributed by atoms with Gasteiger partial charge in [-0.3, -0.25) is 0 Å². The molecule has 0 amide bonds. The zero-order valence-corrected chi connectivity index (χ0v) is 25.7. The lowest BCUT2D eigenvalue weighted by Crippen LogP contribution is -1.95. The monoisotopic (exact) mass is 675 g/mol. The molecule has 0 bridgehead atoms. The van der Waals surface area contributed by atoms with Gasteiger partial charge in [0.1, 0.15) is 11.2 Å². The van der Waals surface area contributed by atoms with E-state index in [4.69, 9.17) is 25.0 Å². The van der Waals surface area contributed by atoms with E-state index in [-0.39, 0.29) is 27.5 Å². The molecule has 3 heterocycles. The van der Waals surface area contributed by atoms with Gasteiger partial charge in [0, 0.05) is 49.3 Å². The summed E-state index contributed by atoms with van der Waals surface area (Å²) < 4.78 is 236. The Morgan fingerprint density at radius 3 is 1.61 bits per heavy atom. The Bertz CT molecular complexity index is 4550. The summed E-state index contributed by atoms with van der Waals surface area (Å²) in [7, 11) is 0. The van der Waals surface area contributed by atoms with Crippen molar-refractivity contribution in [2.24, 2.45) is 0 Å². The smallest absolute Gasteiger partial charge is 0.143 e. The standard InChI is InChI=1S/C48H30N2O/c1-3-13-31(14-4-1)39-29-35(30-42-38-19-9-12-22-47(38)51-48(39)42)50-44-21-11-8-18-37(44)41-28-33(24-26-46(41)50)32-23-25-45-40(27-32)36-17-7-10-20-43(36)49(45)34-15-5-2-6-16-34/h1-30H/i1D,3D,4D,7D,8D,9D,10D,11D,12D,13D,14D,17D,18D,19D,20D,21D,22D,23D,24D,25D,26D,27D,28D,29D,30D. The number of hydrogen-bond donors (Lipinski definition) is 0. The number of para-hydroxylation sites is 4. The van der Waals surface area contributed by atoms with Crippen molar-refractivity contribution in [3.05, 3.63) is 181 Å². The molecule has 11 aromatic rings. The number of fused-ring (bicyclic) bond motifs is 9. The normalized spacial score (nSPS) is 18.8. The van der Waals surface area contributed by atoms with E-state index in [0.717, 1.165) is 4.57 Å². The molecular formula is C48H30N2O. The summed E-state index contributed by atoms with van der Waals surface area (Å²) in [6, 6.07) is -12.5. The predicted molar refractivity (Wildman–Crippen MR) is 213 cm³/mol. The molecular weight excluding hydrogens is 621 g/mol. The maximum absolute atomic E-state index is 9.97. The maximum Gasteiger partial charge on any atom is 0.143 e. The number of rotatable bonds is 4. The van der Waals surface area contributed by atoms with Gasteiger partial charge in [0.05, 0.1) is 56.3 Å². The molecule has 0 unspecified atom stereocenters. The molecule has 0 N–H and O–H groups in total. The Labute approximate surface area is 329 Å². The van der Waals surface area contributed by atoms with Crippen molar-refractivity contribution in [1.82, 2.24) is 9.13 Å². The van der Waals surface area contributed by atoms with Crippen LogP contribution in [0.2, 0.25) is 0 Å². The topological polar surface area (TPSA) is 23.0 Å². The molecule has 51 heavy (non-hydrogen) atoms. The Hall–Kier alpha value is -6.84. The van der Waals surface area contributed by atoms with E-state index in [2.05, 4.69) is 0 Å². The zero-order valence-electron chi connectivity index (χ0n) is 50.7. The van der Waals surface area contributed by atoms with Crippen molar-refractivity contribution in [3.63, 3.8) is 0 Å². The fourth-order valence-corrected chi connectivity index (χ4v) is 6.44. The van der Waals surface area contributed by atoms with Crippen LogP contribution >= 0.6 is 0 Å². The minimum atomic E-state index is -0.973. The lowest BCUT2D eigenvalue weighted by atomic mass is 10.0. The lowest BCUT2D eigenvalue weighted by molar-refractivity contribution is 0.670. The molecule has 8 aromatic carbocycles. The molecule has 0 aliphatic carbocycles. The van der Waals surface area contributed by atoms with Crippen LogP contribution in [-0.2, 0) is 0 Å². The highest BCUT2D eigenvalue weighted by Gasteiger charge is 2.19. The van der Waals surface area contributed by atoms with Gasteiger partial charge in [-0.2, -0.15) is 0 Å².